The van der Waals surface area contributed by atoms with Crippen LogP contribution in [0.15, 0.2) is 0 Å². The lowest BCUT2D eigenvalue weighted by Crippen LogP contribution is -2.35. The predicted octanol–water partition coefficient (Wildman–Crippen LogP) is 2.46. The van der Waals surface area contributed by atoms with Crippen LogP contribution in [0, 0.1) is 16.7 Å². The quantitative estimate of drug-likeness (QED) is 0.675. The summed E-state index contributed by atoms with van der Waals surface area (Å²) in [6, 6.07) is 2.54. The summed E-state index contributed by atoms with van der Waals surface area (Å²) in [5.74, 6) is 0. The molecule has 0 bridgehead atoms. The highest BCUT2D eigenvalue weighted by atomic mass is 14.9. The Hall–Kier alpha value is -0.550. The van der Waals surface area contributed by atoms with Gasteiger partial charge in [0.05, 0.1) is 11.5 Å². The molecule has 1 aliphatic rings. The van der Waals surface area contributed by atoms with Crippen LogP contribution in [0.2, 0.25) is 0 Å². The maximum absolute atomic E-state index is 9.16. The van der Waals surface area contributed by atoms with Crippen molar-refractivity contribution in [1.29, 1.82) is 5.26 Å². The third-order valence-corrected chi connectivity index (χ3v) is 3.06. The molecule has 0 aromatic carbocycles. The summed E-state index contributed by atoms with van der Waals surface area (Å²) < 4.78 is 0. The zero-order chi connectivity index (χ0) is 9.57. The number of rotatable bonds is 4. The van der Waals surface area contributed by atoms with Gasteiger partial charge in [-0.2, -0.15) is 5.26 Å². The maximum atomic E-state index is 9.16. The highest BCUT2D eigenvalue weighted by molar-refractivity contribution is 5.01. The standard InChI is InChI=1S/C11H20N2/c1-2-3-4-5-11(10-12)6-8-13-9-7-11/h13H,2-9H2,1H3. The summed E-state index contributed by atoms with van der Waals surface area (Å²) in [5.41, 5.74) is 0.0143. The molecule has 0 aromatic heterocycles. The predicted molar refractivity (Wildman–Crippen MR) is 54.3 cm³/mol. The van der Waals surface area contributed by atoms with Crippen molar-refractivity contribution in [3.63, 3.8) is 0 Å². The van der Waals surface area contributed by atoms with E-state index >= 15 is 0 Å². The highest BCUT2D eigenvalue weighted by Crippen LogP contribution is 2.33. The maximum Gasteiger partial charge on any atom is 0.0690 e. The van der Waals surface area contributed by atoms with Gasteiger partial charge in [-0.1, -0.05) is 26.2 Å². The van der Waals surface area contributed by atoms with E-state index in [1.54, 1.807) is 0 Å². The third-order valence-electron chi connectivity index (χ3n) is 3.06. The fourth-order valence-corrected chi connectivity index (χ4v) is 2.04. The van der Waals surface area contributed by atoms with E-state index in [2.05, 4.69) is 18.3 Å². The Morgan fingerprint density at radius 1 is 1.31 bits per heavy atom. The first-order valence-corrected chi connectivity index (χ1v) is 5.45. The number of hydrogen-bond donors (Lipinski definition) is 1. The summed E-state index contributed by atoms with van der Waals surface area (Å²) in [7, 11) is 0. The molecule has 0 aliphatic carbocycles. The van der Waals surface area contributed by atoms with E-state index in [0.29, 0.717) is 0 Å². The minimum absolute atomic E-state index is 0.0143. The normalized spacial score (nSPS) is 20.9. The minimum atomic E-state index is 0.0143. The monoisotopic (exact) mass is 180 g/mol. The molecule has 2 heteroatoms. The van der Waals surface area contributed by atoms with E-state index in [0.717, 1.165) is 32.4 Å². The first-order valence-electron chi connectivity index (χ1n) is 5.45. The first-order chi connectivity index (χ1) is 6.33. The van der Waals surface area contributed by atoms with E-state index in [1.165, 1.54) is 19.3 Å². The second-order valence-electron chi connectivity index (χ2n) is 4.10. The summed E-state index contributed by atoms with van der Waals surface area (Å²) in [6.45, 7) is 4.26. The summed E-state index contributed by atoms with van der Waals surface area (Å²) in [4.78, 5) is 0. The van der Waals surface area contributed by atoms with E-state index < -0.39 is 0 Å². The van der Waals surface area contributed by atoms with Gasteiger partial charge in [0.1, 0.15) is 0 Å². The molecule has 74 valence electrons. The first kappa shape index (κ1) is 10.5. The summed E-state index contributed by atoms with van der Waals surface area (Å²) >= 11 is 0. The molecule has 1 saturated heterocycles. The van der Waals surface area contributed by atoms with Gasteiger partial charge < -0.3 is 5.32 Å². The van der Waals surface area contributed by atoms with Gasteiger partial charge in [0.15, 0.2) is 0 Å². The highest BCUT2D eigenvalue weighted by Gasteiger charge is 2.30. The van der Waals surface area contributed by atoms with Crippen LogP contribution in [0.5, 0.6) is 0 Å². The van der Waals surface area contributed by atoms with E-state index in [4.69, 9.17) is 5.26 Å². The van der Waals surface area contributed by atoms with Crippen LogP contribution >= 0.6 is 0 Å². The SMILES string of the molecule is CCCCCC1(C#N)CCNCC1. The molecule has 2 nitrogen and oxygen atoms in total. The summed E-state index contributed by atoms with van der Waals surface area (Å²) in [6.07, 6.45) is 6.96. The van der Waals surface area contributed by atoms with Crippen LogP contribution in [-0.4, -0.2) is 13.1 Å². The van der Waals surface area contributed by atoms with E-state index in [1.807, 2.05) is 0 Å². The molecule has 1 heterocycles. The molecule has 0 unspecified atom stereocenters. The molecule has 1 aliphatic heterocycles. The van der Waals surface area contributed by atoms with Gasteiger partial charge >= 0.3 is 0 Å². The number of unbranched alkanes of at least 4 members (excludes halogenated alkanes) is 2. The molecule has 0 aromatic rings. The minimum Gasteiger partial charge on any atom is -0.317 e. The molecule has 0 atom stereocenters. The van der Waals surface area contributed by atoms with Crippen LogP contribution in [0.1, 0.15) is 45.4 Å². The van der Waals surface area contributed by atoms with Gasteiger partial charge in [-0.3, -0.25) is 0 Å². The molecule has 0 spiro atoms. The Balaban J connectivity index is 2.35. The Morgan fingerprint density at radius 3 is 2.54 bits per heavy atom. The zero-order valence-electron chi connectivity index (χ0n) is 8.60. The van der Waals surface area contributed by atoms with Crippen molar-refractivity contribution in [2.45, 2.75) is 45.4 Å². The van der Waals surface area contributed by atoms with Crippen molar-refractivity contribution in [3.05, 3.63) is 0 Å². The molecule has 1 rings (SSSR count). The molecule has 13 heavy (non-hydrogen) atoms. The van der Waals surface area contributed by atoms with Crippen molar-refractivity contribution in [1.82, 2.24) is 5.32 Å². The Morgan fingerprint density at radius 2 is 2.00 bits per heavy atom. The molecule has 1 fully saturated rings. The molecular formula is C11H20N2. The van der Waals surface area contributed by atoms with Crippen molar-refractivity contribution < 1.29 is 0 Å². The lowest BCUT2D eigenvalue weighted by Gasteiger charge is -2.31. The van der Waals surface area contributed by atoms with Gasteiger partial charge in [0, 0.05) is 0 Å². The molecular weight excluding hydrogens is 160 g/mol. The number of hydrogen-bond acceptors (Lipinski definition) is 2. The fourth-order valence-electron chi connectivity index (χ4n) is 2.04. The number of nitrogens with zero attached hydrogens (tertiary/aromatic N) is 1. The lowest BCUT2D eigenvalue weighted by molar-refractivity contribution is 0.255. The van der Waals surface area contributed by atoms with Gasteiger partial charge in [0.25, 0.3) is 0 Å². The smallest absolute Gasteiger partial charge is 0.0690 e. The average molecular weight is 180 g/mol. The summed E-state index contributed by atoms with van der Waals surface area (Å²) in [5, 5.41) is 12.5. The molecule has 0 amide bonds. The van der Waals surface area contributed by atoms with Crippen LogP contribution in [-0.2, 0) is 0 Å². The topological polar surface area (TPSA) is 35.8 Å². The van der Waals surface area contributed by atoms with E-state index in [-0.39, 0.29) is 5.41 Å². The van der Waals surface area contributed by atoms with E-state index in [9.17, 15) is 0 Å². The van der Waals surface area contributed by atoms with Crippen molar-refractivity contribution in [2.24, 2.45) is 5.41 Å². The Kier molecular flexibility index (Phi) is 4.24. The number of nitrogens with one attached hydrogen (secondary N) is 1. The van der Waals surface area contributed by atoms with Crippen molar-refractivity contribution in [3.8, 4) is 6.07 Å². The van der Waals surface area contributed by atoms with Gasteiger partial charge in [-0.25, -0.2) is 0 Å². The second kappa shape index (κ2) is 5.24. The number of nitriles is 1. The third kappa shape index (κ3) is 3.00. The molecule has 0 radical (unpaired) electrons. The van der Waals surface area contributed by atoms with Gasteiger partial charge in [0.2, 0.25) is 0 Å². The lowest BCUT2D eigenvalue weighted by atomic mass is 9.76. The largest absolute Gasteiger partial charge is 0.317 e. The van der Waals surface area contributed by atoms with Crippen LogP contribution in [0.3, 0.4) is 0 Å². The zero-order valence-corrected chi connectivity index (χ0v) is 8.60. The Labute approximate surface area is 81.3 Å². The average Bonchev–Trinajstić information content (AvgIpc) is 2.20. The van der Waals surface area contributed by atoms with Gasteiger partial charge in [-0.05, 0) is 32.4 Å². The van der Waals surface area contributed by atoms with Gasteiger partial charge in [-0.15, -0.1) is 0 Å². The number of piperidine rings is 1. The van der Waals surface area contributed by atoms with Crippen LogP contribution < -0.4 is 5.32 Å². The van der Waals surface area contributed by atoms with Crippen LogP contribution in [0.25, 0.3) is 0 Å². The van der Waals surface area contributed by atoms with Crippen molar-refractivity contribution >= 4 is 0 Å². The second-order valence-corrected chi connectivity index (χ2v) is 4.10. The fraction of sp³-hybridized carbons (Fsp3) is 0.909. The molecule has 0 saturated carbocycles. The Bertz CT molecular complexity index is 175. The molecule has 1 N–H and O–H groups in total. The van der Waals surface area contributed by atoms with Crippen molar-refractivity contribution in [2.75, 3.05) is 13.1 Å². The van der Waals surface area contributed by atoms with Crippen LogP contribution in [0.4, 0.5) is 0 Å².